The number of hydrogen-bond donors (Lipinski definition) is 1. The first kappa shape index (κ1) is 16.6. The number of carbonyl (C=O) groups is 2. The molecule has 3 rings (SSSR count). The quantitative estimate of drug-likeness (QED) is 0.899. The number of benzene rings is 1. The van der Waals surface area contributed by atoms with Crippen LogP contribution >= 0.6 is 11.8 Å². The Labute approximate surface area is 144 Å². The Kier molecular flexibility index (Phi) is 5.20. The Balaban J connectivity index is 1.83. The van der Waals surface area contributed by atoms with Crippen LogP contribution in [-0.2, 0) is 10.5 Å². The normalized spacial score (nSPS) is 17.6. The van der Waals surface area contributed by atoms with Crippen molar-refractivity contribution < 1.29 is 14.1 Å². The highest BCUT2D eigenvalue weighted by Crippen LogP contribution is 2.25. The summed E-state index contributed by atoms with van der Waals surface area (Å²) in [5, 5.41) is 6.71. The fourth-order valence-corrected chi connectivity index (χ4v) is 3.23. The van der Waals surface area contributed by atoms with Crippen molar-refractivity contribution in [3.63, 3.8) is 0 Å². The minimum Gasteiger partial charge on any atom is -0.360 e. The van der Waals surface area contributed by atoms with Crippen LogP contribution in [0, 0.1) is 0 Å². The number of rotatable bonds is 5. The zero-order chi connectivity index (χ0) is 16.9. The molecule has 1 aliphatic heterocycles. The molecule has 2 heterocycles. The minimum atomic E-state index is -0.641. The molecular formula is C17H19N3O3S. The SMILES string of the molecule is CCSCc1cc(C(=O)N2CCNC(=O)[C@@H]2c2ccccc2)no1. The number of carbonyl (C=O) groups excluding carboxylic acids is 2. The van der Waals surface area contributed by atoms with Gasteiger partial charge in [0.15, 0.2) is 5.69 Å². The molecular weight excluding hydrogens is 326 g/mol. The summed E-state index contributed by atoms with van der Waals surface area (Å²) in [5.41, 5.74) is 1.03. The lowest BCUT2D eigenvalue weighted by Gasteiger charge is -2.34. The lowest BCUT2D eigenvalue weighted by Crippen LogP contribution is -2.52. The minimum absolute atomic E-state index is 0.175. The summed E-state index contributed by atoms with van der Waals surface area (Å²) in [5.74, 6) is 1.86. The van der Waals surface area contributed by atoms with Crippen LogP contribution in [0.5, 0.6) is 0 Å². The summed E-state index contributed by atoms with van der Waals surface area (Å²) in [6.45, 7) is 2.93. The Morgan fingerprint density at radius 2 is 2.21 bits per heavy atom. The first-order valence-electron chi connectivity index (χ1n) is 7.87. The van der Waals surface area contributed by atoms with E-state index in [4.69, 9.17) is 4.52 Å². The first-order valence-corrected chi connectivity index (χ1v) is 9.03. The van der Waals surface area contributed by atoms with Crippen LogP contribution in [-0.4, -0.2) is 40.7 Å². The van der Waals surface area contributed by atoms with E-state index in [9.17, 15) is 9.59 Å². The molecule has 1 aromatic carbocycles. The van der Waals surface area contributed by atoms with Crippen molar-refractivity contribution in [1.82, 2.24) is 15.4 Å². The molecule has 6 nitrogen and oxygen atoms in total. The van der Waals surface area contributed by atoms with Gasteiger partial charge in [-0.15, -0.1) is 0 Å². The summed E-state index contributed by atoms with van der Waals surface area (Å²) in [6, 6.07) is 10.3. The van der Waals surface area contributed by atoms with Gasteiger partial charge in [0.2, 0.25) is 5.91 Å². The van der Waals surface area contributed by atoms with Gasteiger partial charge in [-0.2, -0.15) is 11.8 Å². The van der Waals surface area contributed by atoms with Gasteiger partial charge in [-0.3, -0.25) is 9.59 Å². The Bertz CT molecular complexity index is 717. The lowest BCUT2D eigenvalue weighted by atomic mass is 10.0. The van der Waals surface area contributed by atoms with Gasteiger partial charge in [-0.05, 0) is 11.3 Å². The molecule has 1 fully saturated rings. The molecule has 126 valence electrons. The molecule has 2 aromatic rings. The van der Waals surface area contributed by atoms with E-state index in [0.717, 1.165) is 11.3 Å². The van der Waals surface area contributed by atoms with Crippen molar-refractivity contribution in [3.8, 4) is 0 Å². The van der Waals surface area contributed by atoms with Crippen LogP contribution in [0.3, 0.4) is 0 Å². The summed E-state index contributed by atoms with van der Waals surface area (Å²) in [7, 11) is 0. The molecule has 1 atom stereocenters. The highest BCUT2D eigenvalue weighted by Gasteiger charge is 2.35. The molecule has 24 heavy (non-hydrogen) atoms. The first-order chi connectivity index (χ1) is 11.7. The summed E-state index contributed by atoms with van der Waals surface area (Å²) >= 11 is 1.70. The number of amides is 2. The van der Waals surface area contributed by atoms with E-state index >= 15 is 0 Å². The number of aromatic nitrogens is 1. The topological polar surface area (TPSA) is 75.4 Å². The van der Waals surface area contributed by atoms with Crippen molar-refractivity contribution in [1.29, 1.82) is 0 Å². The largest absolute Gasteiger partial charge is 0.360 e. The van der Waals surface area contributed by atoms with Crippen molar-refractivity contribution >= 4 is 23.6 Å². The summed E-state index contributed by atoms with van der Waals surface area (Å²) < 4.78 is 5.23. The van der Waals surface area contributed by atoms with Gasteiger partial charge >= 0.3 is 0 Å². The predicted molar refractivity (Wildman–Crippen MR) is 91.6 cm³/mol. The highest BCUT2D eigenvalue weighted by atomic mass is 32.2. The molecule has 7 heteroatoms. The predicted octanol–water partition coefficient (Wildman–Crippen LogP) is 2.24. The van der Waals surface area contributed by atoms with Crippen molar-refractivity contribution in [2.75, 3.05) is 18.8 Å². The number of nitrogens with one attached hydrogen (secondary N) is 1. The maximum Gasteiger partial charge on any atom is 0.277 e. The molecule has 2 amide bonds. The third kappa shape index (κ3) is 3.46. The van der Waals surface area contributed by atoms with Crippen LogP contribution < -0.4 is 5.32 Å². The molecule has 0 saturated carbocycles. The van der Waals surface area contributed by atoms with Crippen molar-refractivity contribution in [3.05, 3.63) is 53.4 Å². The molecule has 0 unspecified atom stereocenters. The van der Waals surface area contributed by atoms with Gasteiger partial charge in [-0.1, -0.05) is 42.4 Å². The second-order valence-corrected chi connectivity index (χ2v) is 6.69. The third-order valence-corrected chi connectivity index (χ3v) is 4.71. The summed E-state index contributed by atoms with van der Waals surface area (Å²) in [6.07, 6.45) is 0. The van der Waals surface area contributed by atoms with Gasteiger partial charge in [-0.25, -0.2) is 0 Å². The van der Waals surface area contributed by atoms with Gasteiger partial charge in [0.05, 0.1) is 5.75 Å². The lowest BCUT2D eigenvalue weighted by molar-refractivity contribution is -0.128. The monoisotopic (exact) mass is 345 g/mol. The van der Waals surface area contributed by atoms with E-state index in [1.54, 1.807) is 22.7 Å². The van der Waals surface area contributed by atoms with Gasteiger partial charge < -0.3 is 14.7 Å². The van der Waals surface area contributed by atoms with Crippen molar-refractivity contribution in [2.24, 2.45) is 0 Å². The fourth-order valence-electron chi connectivity index (χ4n) is 2.68. The zero-order valence-electron chi connectivity index (χ0n) is 13.4. The standard InChI is InChI=1S/C17H19N3O3S/c1-2-24-11-13-10-14(19-23-13)17(22)20-9-8-18-16(21)15(20)12-6-4-3-5-7-12/h3-7,10,15H,2,8-9,11H2,1H3,(H,18,21)/t15-/m0/s1. The maximum absolute atomic E-state index is 12.8. The zero-order valence-corrected chi connectivity index (χ0v) is 14.2. The molecule has 0 radical (unpaired) electrons. The average Bonchev–Trinajstić information content (AvgIpc) is 3.08. The molecule has 1 aliphatic rings. The van der Waals surface area contributed by atoms with E-state index < -0.39 is 6.04 Å². The van der Waals surface area contributed by atoms with Crippen LogP contribution in [0.4, 0.5) is 0 Å². The second kappa shape index (κ2) is 7.53. The Hall–Kier alpha value is -2.28. The average molecular weight is 345 g/mol. The van der Waals surface area contributed by atoms with E-state index in [-0.39, 0.29) is 17.5 Å². The number of thioether (sulfide) groups is 1. The Morgan fingerprint density at radius 3 is 2.96 bits per heavy atom. The van der Waals surface area contributed by atoms with Gasteiger partial charge in [0, 0.05) is 19.2 Å². The third-order valence-electron chi connectivity index (χ3n) is 3.81. The van der Waals surface area contributed by atoms with Crippen LogP contribution in [0.1, 0.15) is 34.8 Å². The molecule has 1 aromatic heterocycles. The molecule has 1 saturated heterocycles. The second-order valence-electron chi connectivity index (χ2n) is 5.42. The van der Waals surface area contributed by atoms with E-state index in [1.807, 2.05) is 30.3 Å². The summed E-state index contributed by atoms with van der Waals surface area (Å²) in [4.78, 5) is 26.7. The number of nitrogens with zero attached hydrogens (tertiary/aromatic N) is 2. The van der Waals surface area contributed by atoms with Gasteiger partial charge in [0.1, 0.15) is 11.8 Å². The van der Waals surface area contributed by atoms with Crippen molar-refractivity contribution in [2.45, 2.75) is 18.7 Å². The number of piperazine rings is 1. The van der Waals surface area contributed by atoms with Crippen LogP contribution in [0.15, 0.2) is 40.9 Å². The molecule has 0 aliphatic carbocycles. The number of hydrogen-bond acceptors (Lipinski definition) is 5. The van der Waals surface area contributed by atoms with Gasteiger partial charge in [0.25, 0.3) is 5.91 Å². The van der Waals surface area contributed by atoms with Crippen LogP contribution in [0.25, 0.3) is 0 Å². The van der Waals surface area contributed by atoms with E-state index in [0.29, 0.717) is 24.6 Å². The fraction of sp³-hybridized carbons (Fsp3) is 0.353. The van der Waals surface area contributed by atoms with Crippen LogP contribution in [0.2, 0.25) is 0 Å². The van der Waals surface area contributed by atoms with E-state index in [2.05, 4.69) is 17.4 Å². The highest BCUT2D eigenvalue weighted by molar-refractivity contribution is 7.98. The maximum atomic E-state index is 12.8. The molecule has 1 N–H and O–H groups in total. The molecule has 0 bridgehead atoms. The Morgan fingerprint density at radius 1 is 1.42 bits per heavy atom. The molecule has 0 spiro atoms. The smallest absolute Gasteiger partial charge is 0.277 e. The van der Waals surface area contributed by atoms with E-state index in [1.165, 1.54) is 0 Å².